The Morgan fingerprint density at radius 3 is 1.31 bits per heavy atom. The molecule has 10 rings (SSSR count). The van der Waals surface area contributed by atoms with Crippen molar-refractivity contribution < 1.29 is 46.9 Å². The van der Waals surface area contributed by atoms with Gasteiger partial charge in [-0.2, -0.15) is 0 Å². The Labute approximate surface area is 496 Å². The average molecular weight is 1190 g/mol. The number of aromatic nitrogens is 4. The lowest BCUT2D eigenvalue weighted by Crippen LogP contribution is -2.41. The molecule has 2 aliphatic rings. The first-order valence-electron chi connectivity index (χ1n) is 27.5. The zero-order valence-corrected chi connectivity index (χ0v) is 49.4. The highest BCUT2D eigenvalue weighted by atomic mass is 32.5. The Hall–Kier alpha value is -8.15. The summed E-state index contributed by atoms with van der Waals surface area (Å²) in [6, 6.07) is 49.8. The van der Waals surface area contributed by atoms with Gasteiger partial charge in [-0.25, -0.2) is 9.59 Å². The van der Waals surface area contributed by atoms with Gasteiger partial charge in [-0.05, 0) is 108 Å². The van der Waals surface area contributed by atoms with E-state index in [1.165, 1.54) is 21.5 Å². The normalized spacial score (nSPS) is 19.4. The predicted octanol–water partition coefficient (Wildman–Crippen LogP) is 9.04. The topological polar surface area (TPSA) is 202 Å². The SMILES string of the molecule is C#CCP(=S)(OCC1OC(n2cc(C)c(=O)[nH]c2=O)CC1OC(c1ccccc1)(c1ccc(OC)cc1)c1ccc(OC)cc1)OC1CC(n2cc(C)c(=O)[nH]c2=O)OC1COC(c1ccccc1)(c1ccc(OC)cc1)c1ccc(OC)cc1. The maximum Gasteiger partial charge on any atom is 0.330 e. The van der Waals surface area contributed by atoms with Crippen LogP contribution in [0.3, 0.4) is 0 Å². The van der Waals surface area contributed by atoms with E-state index in [4.69, 9.17) is 65.2 Å². The summed E-state index contributed by atoms with van der Waals surface area (Å²) < 4.78 is 67.7. The van der Waals surface area contributed by atoms with E-state index in [-0.39, 0.29) is 43.3 Å². The standard InChI is InChI=1S/C65H65N4O14PS/c1-8-35-84(85,79-41-57-54(36-58(81-57)68-38-42(2)60(70)66-62(68)72)82-65(45-17-13-10-14-18-45,48-23-31-52(76-6)32-24-48)49-25-33-53(77-7)34-26-49)83-55-37-59(69-39-43(3)61(71)67-63(69)73)80-56(55)40-78-64(44-15-11-9-12-16-44,46-19-27-50(74-4)28-20-46)47-21-29-51(75-5)30-22-47/h1,9-34,38-39,54-59H,35-37,40-41H2,2-7H3,(H,66,70,72)(H,67,71,73). The fourth-order valence-corrected chi connectivity index (χ4v) is 13.2. The molecule has 2 N–H and O–H groups in total. The molecule has 0 amide bonds. The van der Waals surface area contributed by atoms with Gasteiger partial charge in [0.1, 0.15) is 58.9 Å². The van der Waals surface area contributed by atoms with Crippen LogP contribution in [0.5, 0.6) is 23.0 Å². The van der Waals surface area contributed by atoms with Crippen molar-refractivity contribution in [2.75, 3.05) is 47.8 Å². The lowest BCUT2D eigenvalue weighted by molar-refractivity contribution is -0.0996. The van der Waals surface area contributed by atoms with E-state index in [9.17, 15) is 19.2 Å². The lowest BCUT2D eigenvalue weighted by atomic mass is 9.79. The molecule has 20 heteroatoms. The maximum absolute atomic E-state index is 13.7. The van der Waals surface area contributed by atoms with Crippen molar-refractivity contribution in [3.8, 4) is 35.3 Å². The van der Waals surface area contributed by atoms with Crippen LogP contribution in [0.2, 0.25) is 0 Å². The number of H-pyrrole nitrogens is 2. The van der Waals surface area contributed by atoms with Crippen LogP contribution in [-0.4, -0.2) is 91.3 Å². The number of aryl methyl sites for hydroxylation is 2. The molecule has 2 fully saturated rings. The highest BCUT2D eigenvalue weighted by Gasteiger charge is 2.49. The number of terminal acetylenes is 1. The van der Waals surface area contributed by atoms with E-state index in [1.54, 1.807) is 42.3 Å². The van der Waals surface area contributed by atoms with Crippen LogP contribution in [-0.2, 0) is 51.0 Å². The fourth-order valence-electron chi connectivity index (χ4n) is 11.0. The number of aromatic amines is 2. The van der Waals surface area contributed by atoms with Crippen LogP contribution in [0.1, 0.15) is 69.8 Å². The van der Waals surface area contributed by atoms with Crippen LogP contribution in [0, 0.1) is 26.2 Å². The fraction of sp³-hybridized carbons (Fsp3) is 0.292. The second-order valence-electron chi connectivity index (χ2n) is 20.6. The second-order valence-corrected chi connectivity index (χ2v) is 24.3. The number of hydrogen-bond donors (Lipinski definition) is 2. The predicted molar refractivity (Wildman–Crippen MR) is 323 cm³/mol. The van der Waals surface area contributed by atoms with Crippen molar-refractivity contribution in [2.24, 2.45) is 0 Å². The summed E-state index contributed by atoms with van der Waals surface area (Å²) in [4.78, 5) is 57.6. The Kier molecular flexibility index (Phi) is 18.3. The van der Waals surface area contributed by atoms with Gasteiger partial charge < -0.3 is 46.9 Å². The molecular formula is C65H65N4O14PS. The number of nitrogens with one attached hydrogen (secondary N) is 2. The van der Waals surface area contributed by atoms with Gasteiger partial charge in [0.25, 0.3) is 11.1 Å². The van der Waals surface area contributed by atoms with E-state index in [1.807, 2.05) is 158 Å². The molecule has 0 aliphatic carbocycles. The highest BCUT2D eigenvalue weighted by Crippen LogP contribution is 2.54. The molecule has 0 radical (unpaired) electrons. The molecule has 2 aliphatic heterocycles. The Balaban J connectivity index is 1.04. The van der Waals surface area contributed by atoms with Gasteiger partial charge in [0.2, 0.25) is 6.49 Å². The maximum atomic E-state index is 13.7. The van der Waals surface area contributed by atoms with Crippen molar-refractivity contribution in [1.82, 2.24) is 19.1 Å². The van der Waals surface area contributed by atoms with Gasteiger partial charge in [0.15, 0.2) is 0 Å². The number of ether oxygens (including phenoxy) is 8. The molecule has 7 atom stereocenters. The first kappa shape index (κ1) is 60.0. The van der Waals surface area contributed by atoms with Crippen LogP contribution in [0.25, 0.3) is 0 Å². The molecule has 18 nitrogen and oxygen atoms in total. The summed E-state index contributed by atoms with van der Waals surface area (Å²) in [6.07, 6.45) is 3.35. The van der Waals surface area contributed by atoms with Gasteiger partial charge in [0, 0.05) is 36.4 Å². The summed E-state index contributed by atoms with van der Waals surface area (Å²) in [6.45, 7) is -0.846. The smallest absolute Gasteiger partial charge is 0.330 e. The van der Waals surface area contributed by atoms with E-state index >= 15 is 0 Å². The largest absolute Gasteiger partial charge is 0.497 e. The van der Waals surface area contributed by atoms with Crippen molar-refractivity contribution in [3.63, 3.8) is 0 Å². The summed E-state index contributed by atoms with van der Waals surface area (Å²) in [5.41, 5.74) is 0.0181. The Morgan fingerprint density at radius 2 is 0.906 bits per heavy atom. The molecule has 0 bridgehead atoms. The van der Waals surface area contributed by atoms with Gasteiger partial charge in [-0.15, -0.1) is 6.42 Å². The van der Waals surface area contributed by atoms with Gasteiger partial charge >= 0.3 is 11.4 Å². The van der Waals surface area contributed by atoms with Gasteiger partial charge in [0.05, 0.1) is 60.0 Å². The van der Waals surface area contributed by atoms with Crippen LogP contribution >= 0.6 is 6.49 Å². The molecular weight excluding hydrogens is 1120 g/mol. The number of hydrogen-bond acceptors (Lipinski definition) is 15. The molecule has 440 valence electrons. The van der Waals surface area contributed by atoms with Crippen LogP contribution in [0.15, 0.2) is 189 Å². The van der Waals surface area contributed by atoms with Gasteiger partial charge in [-0.3, -0.25) is 28.7 Å². The van der Waals surface area contributed by atoms with Crippen molar-refractivity contribution in [2.45, 2.75) is 74.8 Å². The molecule has 0 spiro atoms. The molecule has 8 aromatic rings. The minimum atomic E-state index is -3.64. The zero-order valence-electron chi connectivity index (χ0n) is 47.7. The number of methoxy groups -OCH3 is 4. The molecule has 7 unspecified atom stereocenters. The van der Waals surface area contributed by atoms with E-state index in [2.05, 4.69) is 15.9 Å². The molecule has 2 saturated heterocycles. The first-order chi connectivity index (χ1) is 41.1. The number of rotatable bonds is 23. The summed E-state index contributed by atoms with van der Waals surface area (Å²) in [5, 5.41) is 0. The molecule has 85 heavy (non-hydrogen) atoms. The Bertz CT molecular complexity index is 3830. The van der Waals surface area contributed by atoms with Crippen LogP contribution in [0.4, 0.5) is 0 Å². The first-order valence-corrected chi connectivity index (χ1v) is 30.3. The number of benzene rings is 6. The van der Waals surface area contributed by atoms with Crippen molar-refractivity contribution in [1.29, 1.82) is 0 Å². The van der Waals surface area contributed by atoms with E-state index in [0.717, 1.165) is 33.4 Å². The third-order valence-electron chi connectivity index (χ3n) is 15.4. The molecule has 6 aromatic carbocycles. The second kappa shape index (κ2) is 26.0. The van der Waals surface area contributed by atoms with E-state index in [0.29, 0.717) is 23.0 Å². The molecule has 0 saturated carbocycles. The minimum Gasteiger partial charge on any atom is -0.497 e. The summed E-state index contributed by atoms with van der Waals surface area (Å²) >= 11 is 6.45. The third kappa shape index (κ3) is 12.5. The van der Waals surface area contributed by atoms with E-state index < -0.39 is 77.1 Å². The quantitative estimate of drug-likeness (QED) is 0.0349. The third-order valence-corrected chi connectivity index (χ3v) is 18.1. The highest BCUT2D eigenvalue weighted by molar-refractivity contribution is 8.10. The Morgan fingerprint density at radius 1 is 0.541 bits per heavy atom. The minimum absolute atomic E-state index is 0.0423. The van der Waals surface area contributed by atoms with Crippen molar-refractivity contribution >= 4 is 18.3 Å². The monoisotopic (exact) mass is 1190 g/mol. The van der Waals surface area contributed by atoms with Crippen molar-refractivity contribution in [3.05, 3.63) is 256 Å². The molecule has 4 heterocycles. The average Bonchev–Trinajstić information content (AvgIpc) is 2.52. The zero-order chi connectivity index (χ0) is 59.9. The summed E-state index contributed by atoms with van der Waals surface area (Å²) in [5.74, 6) is 5.23. The number of nitrogens with zero attached hydrogens (tertiary/aromatic N) is 2. The molecule has 2 aromatic heterocycles. The summed E-state index contributed by atoms with van der Waals surface area (Å²) in [7, 11) is 6.38. The lowest BCUT2D eigenvalue weighted by Gasteiger charge is -2.39. The van der Waals surface area contributed by atoms with Crippen LogP contribution < -0.4 is 41.4 Å². The van der Waals surface area contributed by atoms with Gasteiger partial charge in [-0.1, -0.05) is 115 Å².